The number of anilines is 2. The second-order valence-corrected chi connectivity index (χ2v) is 8.12. The van der Waals surface area contributed by atoms with E-state index in [1.807, 2.05) is 30.4 Å². The van der Waals surface area contributed by atoms with E-state index >= 15 is 0 Å². The minimum Gasteiger partial charge on any atom is -0.442 e. The van der Waals surface area contributed by atoms with Crippen LogP contribution in [0, 0.1) is 0 Å². The maximum atomic E-state index is 12.6. The van der Waals surface area contributed by atoms with Crippen LogP contribution in [0.5, 0.6) is 0 Å². The molecule has 0 N–H and O–H groups in total. The molecule has 0 amide bonds. The molecule has 5 heterocycles. The number of ether oxygens (including phenoxy) is 1. The summed E-state index contributed by atoms with van der Waals surface area (Å²) in [5.74, 6) is 2.09. The van der Waals surface area contributed by atoms with Crippen LogP contribution >= 0.6 is 0 Å². The van der Waals surface area contributed by atoms with Gasteiger partial charge in [0.25, 0.3) is 0 Å². The van der Waals surface area contributed by atoms with E-state index in [0.29, 0.717) is 31.4 Å². The van der Waals surface area contributed by atoms with Crippen molar-refractivity contribution in [1.29, 1.82) is 0 Å². The minimum atomic E-state index is -0.510. The van der Waals surface area contributed by atoms with Gasteiger partial charge in [-0.2, -0.15) is 0 Å². The first kappa shape index (κ1) is 23.5. The molecule has 10 nitrogen and oxygen atoms in total. The highest BCUT2D eigenvalue weighted by atomic mass is 19.1. The summed E-state index contributed by atoms with van der Waals surface area (Å²) in [7, 11) is 0. The van der Waals surface area contributed by atoms with Gasteiger partial charge in [-0.15, -0.1) is 0 Å². The van der Waals surface area contributed by atoms with Crippen molar-refractivity contribution in [2.45, 2.75) is 6.04 Å². The molecule has 0 spiro atoms. The number of hydrogen-bond donors (Lipinski definition) is 0. The van der Waals surface area contributed by atoms with Gasteiger partial charge in [-0.25, -0.2) is 29.3 Å². The number of hydrogen-bond acceptors (Lipinski definition) is 10. The average Bonchev–Trinajstić information content (AvgIpc) is 3.48. The highest BCUT2D eigenvalue weighted by Gasteiger charge is 2.29. The van der Waals surface area contributed by atoms with E-state index in [9.17, 15) is 4.39 Å². The monoisotopic (exact) mass is 488 g/mol. The first-order valence-electron chi connectivity index (χ1n) is 11.6. The van der Waals surface area contributed by atoms with E-state index in [1.165, 1.54) is 12.7 Å². The van der Waals surface area contributed by atoms with Crippen molar-refractivity contribution in [3.05, 3.63) is 73.0 Å². The van der Waals surface area contributed by atoms with Crippen molar-refractivity contribution in [3.8, 4) is 11.5 Å². The molecule has 1 atom stereocenters. The van der Waals surface area contributed by atoms with E-state index in [2.05, 4.69) is 39.7 Å². The van der Waals surface area contributed by atoms with E-state index in [-0.39, 0.29) is 12.6 Å². The molecule has 1 saturated heterocycles. The lowest BCUT2D eigenvalue weighted by atomic mass is 10.1. The zero-order chi connectivity index (χ0) is 24.6. The molecule has 0 aromatic carbocycles. The van der Waals surface area contributed by atoms with Crippen LogP contribution in [-0.2, 0) is 4.74 Å². The lowest BCUT2D eigenvalue weighted by Crippen LogP contribution is -2.56. The molecule has 1 fully saturated rings. The Labute approximate surface area is 207 Å². The lowest BCUT2D eigenvalue weighted by Gasteiger charge is -2.41. The number of alkyl halides is 1. The Balaban J connectivity index is 1.23. The Morgan fingerprint density at radius 2 is 1.83 bits per heavy atom. The van der Waals surface area contributed by atoms with Crippen molar-refractivity contribution < 1.29 is 13.5 Å². The van der Waals surface area contributed by atoms with Gasteiger partial charge in [0.1, 0.15) is 24.5 Å². The fourth-order valence-corrected chi connectivity index (χ4v) is 3.97. The quantitative estimate of drug-likeness (QED) is 0.326. The number of rotatable bonds is 9. The van der Waals surface area contributed by atoms with Gasteiger partial charge < -0.3 is 19.0 Å². The second kappa shape index (κ2) is 11.5. The van der Waals surface area contributed by atoms with Crippen LogP contribution in [0.2, 0.25) is 0 Å². The predicted molar refractivity (Wildman–Crippen MR) is 133 cm³/mol. The molecule has 0 aliphatic carbocycles. The second-order valence-electron chi connectivity index (χ2n) is 8.12. The van der Waals surface area contributed by atoms with Gasteiger partial charge in [0.05, 0.1) is 25.5 Å². The van der Waals surface area contributed by atoms with Crippen molar-refractivity contribution in [1.82, 2.24) is 29.9 Å². The molecular formula is C25H25FN8O2. The molecule has 0 unspecified atom stereocenters. The zero-order valence-electron chi connectivity index (χ0n) is 19.5. The Bertz CT molecular complexity index is 1240. The topological polar surface area (TPSA) is 106 Å². The molecule has 0 radical (unpaired) electrons. The molecule has 1 aliphatic heterocycles. The molecule has 11 heteroatoms. The summed E-state index contributed by atoms with van der Waals surface area (Å²) in [6, 6.07) is 5.69. The van der Waals surface area contributed by atoms with Crippen LogP contribution in [0.3, 0.4) is 0 Å². The van der Waals surface area contributed by atoms with Gasteiger partial charge in [0, 0.05) is 50.0 Å². The number of pyridine rings is 1. The molecule has 0 bridgehead atoms. The first-order chi connectivity index (χ1) is 17.8. The van der Waals surface area contributed by atoms with Gasteiger partial charge in [-0.1, -0.05) is 18.2 Å². The van der Waals surface area contributed by atoms with Crippen LogP contribution < -0.4 is 9.80 Å². The Morgan fingerprint density at radius 1 is 0.972 bits per heavy atom. The van der Waals surface area contributed by atoms with E-state index in [4.69, 9.17) is 9.15 Å². The van der Waals surface area contributed by atoms with Gasteiger partial charge in [0.15, 0.2) is 12.2 Å². The molecule has 4 aromatic heterocycles. The third-order valence-corrected chi connectivity index (χ3v) is 5.76. The van der Waals surface area contributed by atoms with Crippen LogP contribution in [0.15, 0.2) is 66.3 Å². The number of nitrogens with zero attached hydrogens (tertiary/aromatic N) is 8. The number of halogens is 1. The third-order valence-electron chi connectivity index (χ3n) is 5.76. The molecule has 0 saturated carbocycles. The summed E-state index contributed by atoms with van der Waals surface area (Å²) < 4.78 is 23.4. The Morgan fingerprint density at radius 3 is 2.56 bits per heavy atom. The van der Waals surface area contributed by atoms with E-state index < -0.39 is 6.67 Å². The molecule has 1 aliphatic rings. The summed E-state index contributed by atoms with van der Waals surface area (Å²) in [6.07, 6.45) is 15.5. The highest BCUT2D eigenvalue weighted by Crippen LogP contribution is 2.21. The van der Waals surface area contributed by atoms with Gasteiger partial charge in [0.2, 0.25) is 5.95 Å². The zero-order valence-corrected chi connectivity index (χ0v) is 19.5. The van der Waals surface area contributed by atoms with Crippen molar-refractivity contribution in [2.75, 3.05) is 49.3 Å². The van der Waals surface area contributed by atoms with Crippen LogP contribution in [0.4, 0.5) is 16.2 Å². The minimum absolute atomic E-state index is 0.0178. The standard InChI is InChI=1S/C25H25FN8O2/c26-6-10-35-16-21-15-33(8-9-34(21)24-5-7-27-17-32-24)25-30-12-20(13-31-25)2-1-19-3-4-22(29-11-19)23-14-28-18-36-23/h1-5,7,11-14,17-18,21H,6,8-10,15-16H2/b2-1+/t21-/m1/s1. The fourth-order valence-electron chi connectivity index (χ4n) is 3.97. The summed E-state index contributed by atoms with van der Waals surface area (Å²) in [5.41, 5.74) is 2.55. The number of aromatic nitrogens is 6. The Hall–Kier alpha value is -4.25. The normalized spacial score (nSPS) is 16.1. The molecule has 4 aromatic rings. The van der Waals surface area contributed by atoms with Crippen LogP contribution in [-0.4, -0.2) is 75.5 Å². The molecular weight excluding hydrogens is 463 g/mol. The van der Waals surface area contributed by atoms with Gasteiger partial charge in [-0.3, -0.25) is 4.98 Å². The molecule has 36 heavy (non-hydrogen) atoms. The predicted octanol–water partition coefficient (Wildman–Crippen LogP) is 3.17. The van der Waals surface area contributed by atoms with Crippen molar-refractivity contribution in [3.63, 3.8) is 0 Å². The van der Waals surface area contributed by atoms with E-state index in [1.54, 1.807) is 31.0 Å². The van der Waals surface area contributed by atoms with Crippen molar-refractivity contribution in [2.24, 2.45) is 0 Å². The molecule has 184 valence electrons. The van der Waals surface area contributed by atoms with Gasteiger partial charge in [-0.05, 0) is 17.7 Å². The number of piperazine rings is 1. The van der Waals surface area contributed by atoms with Crippen molar-refractivity contribution >= 4 is 23.9 Å². The summed E-state index contributed by atoms with van der Waals surface area (Å²) >= 11 is 0. The van der Waals surface area contributed by atoms with Crippen LogP contribution in [0.1, 0.15) is 11.1 Å². The Kier molecular flexibility index (Phi) is 7.47. The maximum Gasteiger partial charge on any atom is 0.225 e. The van der Waals surface area contributed by atoms with E-state index in [0.717, 1.165) is 29.2 Å². The average molecular weight is 489 g/mol. The van der Waals surface area contributed by atoms with Crippen LogP contribution in [0.25, 0.3) is 23.6 Å². The first-order valence-corrected chi connectivity index (χ1v) is 11.6. The fraction of sp³-hybridized carbons (Fsp3) is 0.280. The number of oxazole rings is 1. The van der Waals surface area contributed by atoms with Gasteiger partial charge >= 0.3 is 0 Å². The largest absolute Gasteiger partial charge is 0.442 e. The molecule has 5 rings (SSSR count). The SMILES string of the molecule is FCCOC[C@H]1CN(c2ncc(/C=C/c3ccc(-c4cnco4)nc3)cn2)CCN1c1ccncn1. The maximum absolute atomic E-state index is 12.6. The summed E-state index contributed by atoms with van der Waals surface area (Å²) in [4.78, 5) is 30.1. The highest BCUT2D eigenvalue weighted by molar-refractivity contribution is 5.69. The smallest absolute Gasteiger partial charge is 0.225 e. The lowest BCUT2D eigenvalue weighted by molar-refractivity contribution is 0.104. The third kappa shape index (κ3) is 5.69. The summed E-state index contributed by atoms with van der Waals surface area (Å²) in [5, 5.41) is 0. The summed E-state index contributed by atoms with van der Waals surface area (Å²) in [6.45, 7) is 2.02.